The lowest BCUT2D eigenvalue weighted by atomic mass is 10.0. The van der Waals surface area contributed by atoms with Crippen LogP contribution >= 0.6 is 11.6 Å². The number of hydrogen-bond donors (Lipinski definition) is 0. The highest BCUT2D eigenvalue weighted by molar-refractivity contribution is 6.30. The topological polar surface area (TPSA) is 38.7 Å². The van der Waals surface area contributed by atoms with Gasteiger partial charge in [-0.3, -0.25) is 4.98 Å². The maximum absolute atomic E-state index is 6.15. The Hall–Kier alpha value is -2.00. The van der Waals surface area contributed by atoms with Gasteiger partial charge in [0.1, 0.15) is 11.0 Å². The molecule has 0 saturated heterocycles. The van der Waals surface area contributed by atoms with E-state index in [0.29, 0.717) is 11.0 Å². The van der Waals surface area contributed by atoms with Crippen molar-refractivity contribution in [2.24, 2.45) is 0 Å². The van der Waals surface area contributed by atoms with Gasteiger partial charge in [0.2, 0.25) is 0 Å². The lowest BCUT2D eigenvalue weighted by Crippen LogP contribution is -1.97. The molecule has 0 spiro atoms. The van der Waals surface area contributed by atoms with Gasteiger partial charge in [0.25, 0.3) is 0 Å². The monoisotopic (exact) mass is 269 g/mol. The minimum Gasteiger partial charge on any atom is -0.263 e. The maximum Gasteiger partial charge on any atom is 0.136 e. The normalized spacial score (nSPS) is 10.9. The molecule has 0 bridgehead atoms. The van der Waals surface area contributed by atoms with Crippen LogP contribution in [0.5, 0.6) is 0 Å². The average Bonchev–Trinajstić information content (AvgIpc) is 2.42. The zero-order chi connectivity index (χ0) is 13.4. The van der Waals surface area contributed by atoms with Crippen LogP contribution in [0.3, 0.4) is 0 Å². The van der Waals surface area contributed by atoms with Crippen LogP contribution in [0, 0.1) is 13.8 Å². The lowest BCUT2D eigenvalue weighted by Gasteiger charge is -2.10. The van der Waals surface area contributed by atoms with E-state index < -0.39 is 0 Å². The van der Waals surface area contributed by atoms with Crippen LogP contribution in [0.2, 0.25) is 5.15 Å². The van der Waals surface area contributed by atoms with Crippen molar-refractivity contribution in [3.63, 3.8) is 0 Å². The maximum atomic E-state index is 6.15. The summed E-state index contributed by atoms with van der Waals surface area (Å²) in [4.78, 5) is 13.0. The first kappa shape index (κ1) is 12.1. The minimum atomic E-state index is 0.496. The van der Waals surface area contributed by atoms with Gasteiger partial charge in [-0.1, -0.05) is 35.9 Å². The fraction of sp³-hybridized carbons (Fsp3) is 0.133. The number of benzene rings is 1. The van der Waals surface area contributed by atoms with E-state index in [1.54, 1.807) is 0 Å². The standard InChI is InChI=1S/C15H12ClN3/c1-9-14(18-10(2)19-15(9)16)13-8-17-7-11-5-3-4-6-12(11)13/h3-8H,1-2H3. The second-order valence-corrected chi connectivity index (χ2v) is 4.80. The van der Waals surface area contributed by atoms with E-state index in [-0.39, 0.29) is 0 Å². The summed E-state index contributed by atoms with van der Waals surface area (Å²) in [5, 5.41) is 2.71. The summed E-state index contributed by atoms with van der Waals surface area (Å²) < 4.78 is 0. The van der Waals surface area contributed by atoms with Crippen LogP contribution in [0.15, 0.2) is 36.7 Å². The van der Waals surface area contributed by atoms with Gasteiger partial charge in [0, 0.05) is 28.9 Å². The summed E-state index contributed by atoms with van der Waals surface area (Å²) in [5.74, 6) is 0.665. The van der Waals surface area contributed by atoms with Crippen LogP contribution in [0.4, 0.5) is 0 Å². The van der Waals surface area contributed by atoms with E-state index in [1.807, 2.05) is 44.4 Å². The molecule has 3 rings (SSSR count). The van der Waals surface area contributed by atoms with Gasteiger partial charge in [0.15, 0.2) is 0 Å². The molecule has 0 aliphatic rings. The number of fused-ring (bicyclic) bond motifs is 1. The second kappa shape index (κ2) is 4.59. The van der Waals surface area contributed by atoms with Crippen LogP contribution in [0.25, 0.3) is 22.0 Å². The highest BCUT2D eigenvalue weighted by atomic mass is 35.5. The van der Waals surface area contributed by atoms with E-state index in [1.165, 1.54) is 0 Å². The summed E-state index contributed by atoms with van der Waals surface area (Å²) in [6, 6.07) is 8.11. The predicted octanol–water partition coefficient (Wildman–Crippen LogP) is 3.96. The summed E-state index contributed by atoms with van der Waals surface area (Å²) in [6.45, 7) is 3.77. The van der Waals surface area contributed by atoms with Crippen molar-refractivity contribution >= 4 is 22.4 Å². The summed E-state index contributed by atoms with van der Waals surface area (Å²) >= 11 is 6.15. The Morgan fingerprint density at radius 2 is 1.79 bits per heavy atom. The molecule has 0 radical (unpaired) electrons. The molecule has 0 unspecified atom stereocenters. The van der Waals surface area contributed by atoms with Gasteiger partial charge in [-0.2, -0.15) is 0 Å². The van der Waals surface area contributed by atoms with Crippen molar-refractivity contribution < 1.29 is 0 Å². The number of pyridine rings is 1. The van der Waals surface area contributed by atoms with E-state index >= 15 is 0 Å². The minimum absolute atomic E-state index is 0.496. The van der Waals surface area contributed by atoms with Crippen molar-refractivity contribution in [2.75, 3.05) is 0 Å². The molecule has 2 aromatic heterocycles. The first-order valence-electron chi connectivity index (χ1n) is 6.00. The first-order chi connectivity index (χ1) is 9.16. The second-order valence-electron chi connectivity index (χ2n) is 4.44. The third-order valence-electron chi connectivity index (χ3n) is 3.12. The Morgan fingerprint density at radius 1 is 1.00 bits per heavy atom. The van der Waals surface area contributed by atoms with Gasteiger partial charge in [-0.25, -0.2) is 9.97 Å². The molecule has 4 heteroatoms. The van der Waals surface area contributed by atoms with Gasteiger partial charge < -0.3 is 0 Å². The Kier molecular flexibility index (Phi) is 2.91. The molecule has 0 saturated carbocycles. The Morgan fingerprint density at radius 3 is 2.63 bits per heavy atom. The third kappa shape index (κ3) is 2.06. The first-order valence-corrected chi connectivity index (χ1v) is 6.38. The molecule has 3 nitrogen and oxygen atoms in total. The van der Waals surface area contributed by atoms with Gasteiger partial charge in [-0.05, 0) is 19.2 Å². The van der Waals surface area contributed by atoms with E-state index in [4.69, 9.17) is 11.6 Å². The fourth-order valence-corrected chi connectivity index (χ4v) is 2.37. The summed E-state index contributed by atoms with van der Waals surface area (Å²) in [5.41, 5.74) is 2.72. The molecule has 94 valence electrons. The fourth-order valence-electron chi connectivity index (χ4n) is 2.16. The predicted molar refractivity (Wildman–Crippen MR) is 77.3 cm³/mol. The molecule has 0 amide bonds. The molecule has 2 heterocycles. The van der Waals surface area contributed by atoms with E-state index in [0.717, 1.165) is 27.6 Å². The molecular weight excluding hydrogens is 258 g/mol. The molecule has 0 atom stereocenters. The van der Waals surface area contributed by atoms with E-state index in [9.17, 15) is 0 Å². The molecule has 0 aliphatic carbocycles. The lowest BCUT2D eigenvalue weighted by molar-refractivity contribution is 1.04. The van der Waals surface area contributed by atoms with Gasteiger partial charge >= 0.3 is 0 Å². The van der Waals surface area contributed by atoms with Crippen LogP contribution < -0.4 is 0 Å². The molecule has 0 aliphatic heterocycles. The van der Waals surface area contributed by atoms with Crippen molar-refractivity contribution in [1.29, 1.82) is 0 Å². The smallest absolute Gasteiger partial charge is 0.136 e. The highest BCUT2D eigenvalue weighted by Gasteiger charge is 2.12. The molecular formula is C15H12ClN3. The third-order valence-corrected chi connectivity index (χ3v) is 3.49. The zero-order valence-corrected chi connectivity index (χ0v) is 11.4. The van der Waals surface area contributed by atoms with Crippen molar-refractivity contribution in [3.05, 3.63) is 53.2 Å². The summed E-state index contributed by atoms with van der Waals surface area (Å²) in [6.07, 6.45) is 3.68. The SMILES string of the molecule is Cc1nc(Cl)c(C)c(-c2cncc3ccccc23)n1. The van der Waals surface area contributed by atoms with Gasteiger partial charge in [-0.15, -0.1) is 0 Å². The Balaban J connectivity index is 2.37. The van der Waals surface area contributed by atoms with Crippen molar-refractivity contribution in [1.82, 2.24) is 15.0 Å². The van der Waals surface area contributed by atoms with Crippen LogP contribution in [-0.2, 0) is 0 Å². The highest BCUT2D eigenvalue weighted by Crippen LogP contribution is 2.30. The zero-order valence-electron chi connectivity index (χ0n) is 10.7. The number of aryl methyl sites for hydroxylation is 1. The molecule has 3 aromatic rings. The van der Waals surface area contributed by atoms with Crippen molar-refractivity contribution in [3.8, 4) is 11.3 Å². The molecule has 1 aromatic carbocycles. The molecule has 19 heavy (non-hydrogen) atoms. The number of nitrogens with zero attached hydrogens (tertiary/aromatic N) is 3. The average molecular weight is 270 g/mol. The number of rotatable bonds is 1. The van der Waals surface area contributed by atoms with Crippen LogP contribution in [-0.4, -0.2) is 15.0 Å². The Labute approximate surface area is 116 Å². The number of aromatic nitrogens is 3. The summed E-state index contributed by atoms with van der Waals surface area (Å²) in [7, 11) is 0. The van der Waals surface area contributed by atoms with Crippen LogP contribution in [0.1, 0.15) is 11.4 Å². The van der Waals surface area contributed by atoms with Gasteiger partial charge in [0.05, 0.1) is 5.69 Å². The Bertz CT molecular complexity index is 763. The largest absolute Gasteiger partial charge is 0.263 e. The number of hydrogen-bond acceptors (Lipinski definition) is 3. The molecule has 0 fully saturated rings. The quantitative estimate of drug-likeness (QED) is 0.628. The number of halogens is 1. The van der Waals surface area contributed by atoms with Crippen molar-refractivity contribution in [2.45, 2.75) is 13.8 Å². The van der Waals surface area contributed by atoms with E-state index in [2.05, 4.69) is 21.0 Å². The molecule has 0 N–H and O–H groups in total.